The van der Waals surface area contributed by atoms with Crippen molar-refractivity contribution in [2.75, 3.05) is 13.2 Å². The molecule has 0 radical (unpaired) electrons. The quantitative estimate of drug-likeness (QED) is 0.791. The van der Waals surface area contributed by atoms with Gasteiger partial charge in [-0.3, -0.25) is 0 Å². The summed E-state index contributed by atoms with van der Waals surface area (Å²) in [5.41, 5.74) is 8.43. The first-order valence-corrected chi connectivity index (χ1v) is 7.49. The van der Waals surface area contributed by atoms with Crippen molar-refractivity contribution in [1.29, 1.82) is 0 Å². The lowest BCUT2D eigenvalue weighted by Crippen LogP contribution is -2.13. The first-order chi connectivity index (χ1) is 9.29. The molecule has 0 aliphatic heterocycles. The van der Waals surface area contributed by atoms with Gasteiger partial charge in [-0.05, 0) is 12.5 Å². The van der Waals surface area contributed by atoms with Crippen molar-refractivity contribution in [2.45, 2.75) is 25.8 Å². The van der Waals surface area contributed by atoms with E-state index in [9.17, 15) is 0 Å². The van der Waals surface area contributed by atoms with E-state index < -0.39 is 0 Å². The van der Waals surface area contributed by atoms with Crippen molar-refractivity contribution in [3.8, 4) is 0 Å². The van der Waals surface area contributed by atoms with Crippen LogP contribution in [0.1, 0.15) is 29.2 Å². The fourth-order valence-corrected chi connectivity index (χ4v) is 2.70. The van der Waals surface area contributed by atoms with Crippen LogP contribution in [0.25, 0.3) is 0 Å². The number of nitrogens with two attached hydrogens (primary N) is 1. The van der Waals surface area contributed by atoms with Crippen LogP contribution in [0.5, 0.6) is 0 Å². The Labute approximate surface area is 118 Å². The number of thiazole rings is 1. The van der Waals surface area contributed by atoms with E-state index in [1.165, 1.54) is 0 Å². The van der Waals surface area contributed by atoms with Crippen LogP contribution in [0.4, 0.5) is 0 Å². The molecule has 0 aliphatic carbocycles. The first kappa shape index (κ1) is 14.2. The second-order valence-corrected chi connectivity index (χ2v) is 5.34. The number of rotatable bonds is 7. The lowest BCUT2D eigenvalue weighted by Gasteiger charge is -2.09. The summed E-state index contributed by atoms with van der Waals surface area (Å²) in [6.45, 7) is 3.51. The molecule has 0 amide bonds. The minimum atomic E-state index is 0.0167. The van der Waals surface area contributed by atoms with Gasteiger partial charge in [0, 0.05) is 30.9 Å². The standard InChI is InChI=1S/C15H20N2OS/c1-2-18-9-8-15-17-13(11-19-15)10-14(16)12-6-4-3-5-7-12/h3-7,11,14H,2,8-10,16H2,1H3. The van der Waals surface area contributed by atoms with Gasteiger partial charge < -0.3 is 10.5 Å². The summed E-state index contributed by atoms with van der Waals surface area (Å²) in [5.74, 6) is 0. The van der Waals surface area contributed by atoms with Crippen LogP contribution in [0.15, 0.2) is 35.7 Å². The Morgan fingerprint density at radius 1 is 1.32 bits per heavy atom. The number of aromatic nitrogens is 1. The van der Waals surface area contributed by atoms with Gasteiger partial charge in [-0.2, -0.15) is 0 Å². The van der Waals surface area contributed by atoms with Crippen LogP contribution in [0.2, 0.25) is 0 Å². The number of nitrogens with zero attached hydrogens (tertiary/aromatic N) is 1. The molecule has 0 fully saturated rings. The third kappa shape index (κ3) is 4.42. The summed E-state index contributed by atoms with van der Waals surface area (Å²) >= 11 is 1.69. The normalized spacial score (nSPS) is 12.5. The molecular formula is C15H20N2OS. The highest BCUT2D eigenvalue weighted by Gasteiger charge is 2.09. The monoisotopic (exact) mass is 276 g/mol. The second-order valence-electron chi connectivity index (χ2n) is 4.40. The highest BCUT2D eigenvalue weighted by atomic mass is 32.1. The maximum atomic E-state index is 6.20. The summed E-state index contributed by atoms with van der Waals surface area (Å²) in [6.07, 6.45) is 1.67. The lowest BCUT2D eigenvalue weighted by atomic mass is 10.0. The van der Waals surface area contributed by atoms with Gasteiger partial charge in [0.05, 0.1) is 17.3 Å². The third-order valence-electron chi connectivity index (χ3n) is 2.92. The van der Waals surface area contributed by atoms with Crippen molar-refractivity contribution < 1.29 is 4.74 Å². The van der Waals surface area contributed by atoms with Gasteiger partial charge in [-0.25, -0.2) is 4.98 Å². The molecular weight excluding hydrogens is 256 g/mol. The maximum Gasteiger partial charge on any atom is 0.0951 e. The van der Waals surface area contributed by atoms with Crippen LogP contribution in [-0.2, 0) is 17.6 Å². The van der Waals surface area contributed by atoms with Gasteiger partial charge in [-0.1, -0.05) is 30.3 Å². The van der Waals surface area contributed by atoms with E-state index in [0.29, 0.717) is 0 Å². The Morgan fingerprint density at radius 3 is 2.84 bits per heavy atom. The van der Waals surface area contributed by atoms with Crippen LogP contribution >= 0.6 is 11.3 Å². The molecule has 1 heterocycles. The molecule has 2 rings (SSSR count). The predicted octanol–water partition coefficient (Wildman–Crippen LogP) is 2.96. The van der Waals surface area contributed by atoms with Gasteiger partial charge in [0.15, 0.2) is 0 Å². The lowest BCUT2D eigenvalue weighted by molar-refractivity contribution is 0.151. The molecule has 0 spiro atoms. The largest absolute Gasteiger partial charge is 0.381 e. The van der Waals surface area contributed by atoms with Crippen molar-refractivity contribution >= 4 is 11.3 Å². The smallest absolute Gasteiger partial charge is 0.0951 e. The first-order valence-electron chi connectivity index (χ1n) is 6.61. The predicted molar refractivity (Wildman–Crippen MR) is 79.4 cm³/mol. The molecule has 3 nitrogen and oxygen atoms in total. The van der Waals surface area contributed by atoms with Crippen LogP contribution in [-0.4, -0.2) is 18.2 Å². The molecule has 0 aliphatic rings. The van der Waals surface area contributed by atoms with Crippen LogP contribution in [0, 0.1) is 0 Å². The zero-order valence-corrected chi connectivity index (χ0v) is 12.0. The number of ether oxygens (including phenoxy) is 1. The molecule has 102 valence electrons. The zero-order chi connectivity index (χ0) is 13.5. The third-order valence-corrected chi connectivity index (χ3v) is 3.88. The summed E-state index contributed by atoms with van der Waals surface area (Å²) in [5, 5.41) is 3.23. The van der Waals surface area contributed by atoms with Gasteiger partial charge in [0.25, 0.3) is 0 Å². The van der Waals surface area contributed by atoms with Gasteiger partial charge in [0.2, 0.25) is 0 Å². The number of hydrogen-bond acceptors (Lipinski definition) is 4. The Hall–Kier alpha value is -1.23. The molecule has 0 bridgehead atoms. The average molecular weight is 276 g/mol. The van der Waals surface area contributed by atoms with Crippen LogP contribution < -0.4 is 5.73 Å². The minimum Gasteiger partial charge on any atom is -0.381 e. The highest BCUT2D eigenvalue weighted by Crippen LogP contribution is 2.18. The van der Waals surface area contributed by atoms with E-state index in [0.717, 1.165) is 42.3 Å². The SMILES string of the molecule is CCOCCc1nc(CC(N)c2ccccc2)cs1. The summed E-state index contributed by atoms with van der Waals surface area (Å²) in [7, 11) is 0. The summed E-state index contributed by atoms with van der Waals surface area (Å²) < 4.78 is 5.34. The molecule has 1 aromatic heterocycles. The van der Waals surface area contributed by atoms with Crippen molar-refractivity contribution in [2.24, 2.45) is 5.73 Å². The van der Waals surface area contributed by atoms with Gasteiger partial charge >= 0.3 is 0 Å². The van der Waals surface area contributed by atoms with Crippen LogP contribution in [0.3, 0.4) is 0 Å². The Balaban J connectivity index is 1.89. The highest BCUT2D eigenvalue weighted by molar-refractivity contribution is 7.09. The molecule has 1 aromatic carbocycles. The van der Waals surface area contributed by atoms with E-state index in [1.807, 2.05) is 25.1 Å². The van der Waals surface area contributed by atoms with Crippen molar-refractivity contribution in [3.63, 3.8) is 0 Å². The molecule has 1 unspecified atom stereocenters. The molecule has 2 N–H and O–H groups in total. The Morgan fingerprint density at radius 2 is 2.11 bits per heavy atom. The molecule has 0 saturated heterocycles. The molecule has 4 heteroatoms. The number of hydrogen-bond donors (Lipinski definition) is 1. The molecule has 0 saturated carbocycles. The van der Waals surface area contributed by atoms with Gasteiger partial charge in [-0.15, -0.1) is 11.3 Å². The van der Waals surface area contributed by atoms with Crippen molar-refractivity contribution in [3.05, 3.63) is 52.0 Å². The average Bonchev–Trinajstić information content (AvgIpc) is 2.88. The zero-order valence-electron chi connectivity index (χ0n) is 11.2. The minimum absolute atomic E-state index is 0.0167. The maximum absolute atomic E-state index is 6.20. The molecule has 2 aromatic rings. The Kier molecular flexibility index (Phi) is 5.51. The van der Waals surface area contributed by atoms with E-state index >= 15 is 0 Å². The second kappa shape index (κ2) is 7.38. The summed E-state index contributed by atoms with van der Waals surface area (Å²) in [6, 6.07) is 10.2. The van der Waals surface area contributed by atoms with E-state index in [2.05, 4.69) is 22.5 Å². The van der Waals surface area contributed by atoms with E-state index in [4.69, 9.17) is 10.5 Å². The number of benzene rings is 1. The fourth-order valence-electron chi connectivity index (χ4n) is 1.90. The topological polar surface area (TPSA) is 48.1 Å². The van der Waals surface area contributed by atoms with Crippen molar-refractivity contribution in [1.82, 2.24) is 4.98 Å². The molecule has 19 heavy (non-hydrogen) atoms. The van der Waals surface area contributed by atoms with Gasteiger partial charge in [0.1, 0.15) is 0 Å². The Bertz CT molecular complexity index is 484. The molecule has 1 atom stereocenters. The van der Waals surface area contributed by atoms with E-state index in [1.54, 1.807) is 11.3 Å². The fraction of sp³-hybridized carbons (Fsp3) is 0.400. The van der Waals surface area contributed by atoms with E-state index in [-0.39, 0.29) is 6.04 Å². The summed E-state index contributed by atoms with van der Waals surface area (Å²) in [4.78, 5) is 4.61.